The number of nitrogens with zero attached hydrogens (tertiary/aromatic N) is 2. The van der Waals surface area contributed by atoms with Crippen LogP contribution in [0.1, 0.15) is 5.82 Å². The van der Waals surface area contributed by atoms with Crippen LogP contribution in [0.2, 0.25) is 0 Å². The molecule has 1 heterocycles. The number of hydrogen-bond acceptors (Lipinski definition) is 3. The molecule has 0 aliphatic carbocycles. The van der Waals surface area contributed by atoms with E-state index in [0.29, 0.717) is 17.4 Å². The average molecular weight is 364 g/mol. The summed E-state index contributed by atoms with van der Waals surface area (Å²) in [6.07, 6.45) is -0.651. The fraction of sp³-hybridized carbons (Fsp3) is 0.308. The molecule has 1 aromatic carbocycles. The Labute approximate surface area is 128 Å². The first kappa shape index (κ1) is 15.7. The molecule has 1 aromatic heterocycles. The molecule has 2 aromatic rings. The summed E-state index contributed by atoms with van der Waals surface area (Å²) in [5.74, 6) is 0.578. The lowest BCUT2D eigenvalue weighted by Crippen LogP contribution is -2.18. The number of anilines is 1. The van der Waals surface area contributed by atoms with Gasteiger partial charge in [-0.25, -0.2) is 4.98 Å². The molecule has 0 atom stereocenters. The van der Waals surface area contributed by atoms with Crippen molar-refractivity contribution in [2.24, 2.45) is 7.05 Å². The number of nitrogens with one attached hydrogen (secondary N) is 1. The van der Waals surface area contributed by atoms with Crippen LogP contribution in [0.5, 0.6) is 5.75 Å². The van der Waals surface area contributed by atoms with Gasteiger partial charge >= 0.3 is 6.36 Å². The first-order valence-electron chi connectivity index (χ1n) is 6.10. The molecule has 0 saturated heterocycles. The molecule has 0 fully saturated rings. The third kappa shape index (κ3) is 4.66. The quantitative estimate of drug-likeness (QED) is 0.879. The van der Waals surface area contributed by atoms with Crippen molar-refractivity contribution >= 4 is 21.6 Å². The monoisotopic (exact) mass is 363 g/mol. The Morgan fingerprint density at radius 3 is 2.76 bits per heavy atom. The molecular formula is C13H13BrF3N3O. The minimum Gasteiger partial charge on any atom is -0.404 e. The van der Waals surface area contributed by atoms with Crippen LogP contribution in [-0.4, -0.2) is 22.5 Å². The zero-order valence-electron chi connectivity index (χ0n) is 11.1. The van der Waals surface area contributed by atoms with Gasteiger partial charge in [0.25, 0.3) is 0 Å². The number of rotatable bonds is 5. The minimum absolute atomic E-state index is 0.267. The highest BCUT2D eigenvalue weighted by Gasteiger charge is 2.32. The van der Waals surface area contributed by atoms with Crippen LogP contribution in [-0.2, 0) is 13.5 Å². The highest BCUT2D eigenvalue weighted by atomic mass is 79.9. The van der Waals surface area contributed by atoms with Gasteiger partial charge in [0, 0.05) is 36.9 Å². The van der Waals surface area contributed by atoms with Crippen molar-refractivity contribution in [3.05, 3.63) is 40.9 Å². The molecule has 4 nitrogen and oxygen atoms in total. The lowest BCUT2D eigenvalue weighted by atomic mass is 10.3. The maximum absolute atomic E-state index is 12.4. The van der Waals surface area contributed by atoms with Gasteiger partial charge in [-0.15, -0.1) is 13.2 Å². The van der Waals surface area contributed by atoms with Crippen LogP contribution in [0.3, 0.4) is 0 Å². The standard InChI is InChI=1S/C13H13BrF3N3O/c1-20-7-6-19-12(20)4-5-18-10-3-2-9(14)8-11(10)21-13(15,16)17/h2-3,6-8,18H,4-5H2,1H3. The maximum Gasteiger partial charge on any atom is 0.573 e. The van der Waals surface area contributed by atoms with Crippen LogP contribution in [0.25, 0.3) is 0 Å². The molecule has 2 rings (SSSR count). The minimum atomic E-state index is -4.73. The molecule has 0 saturated carbocycles. The molecule has 0 aliphatic heterocycles. The molecule has 21 heavy (non-hydrogen) atoms. The average Bonchev–Trinajstić information content (AvgIpc) is 2.76. The molecule has 0 radical (unpaired) electrons. The summed E-state index contributed by atoms with van der Waals surface area (Å²) < 4.78 is 43.5. The summed E-state index contributed by atoms with van der Waals surface area (Å²) in [6, 6.07) is 4.45. The number of benzene rings is 1. The Kier molecular flexibility index (Phi) is 4.76. The molecule has 114 valence electrons. The molecule has 0 unspecified atom stereocenters. The van der Waals surface area contributed by atoms with Gasteiger partial charge in [0.1, 0.15) is 5.82 Å². The van der Waals surface area contributed by atoms with Gasteiger partial charge in [0.05, 0.1) is 5.69 Å². The smallest absolute Gasteiger partial charge is 0.404 e. The van der Waals surface area contributed by atoms with Crippen molar-refractivity contribution in [3.63, 3.8) is 0 Å². The third-order valence-electron chi connectivity index (χ3n) is 2.75. The highest BCUT2D eigenvalue weighted by Crippen LogP contribution is 2.32. The van der Waals surface area contributed by atoms with E-state index in [4.69, 9.17) is 0 Å². The molecular weight excluding hydrogens is 351 g/mol. The number of ether oxygens (including phenoxy) is 1. The van der Waals surface area contributed by atoms with Crippen molar-refractivity contribution in [3.8, 4) is 5.75 Å². The van der Waals surface area contributed by atoms with Crippen molar-refractivity contribution in [2.75, 3.05) is 11.9 Å². The van der Waals surface area contributed by atoms with Gasteiger partial charge in [0.15, 0.2) is 5.75 Å². The number of aryl methyl sites for hydroxylation is 1. The highest BCUT2D eigenvalue weighted by molar-refractivity contribution is 9.10. The van der Waals surface area contributed by atoms with Crippen molar-refractivity contribution < 1.29 is 17.9 Å². The first-order valence-corrected chi connectivity index (χ1v) is 6.90. The summed E-state index contributed by atoms with van der Waals surface area (Å²) in [5.41, 5.74) is 0.282. The first-order chi connectivity index (χ1) is 9.85. The topological polar surface area (TPSA) is 39.1 Å². The molecule has 0 amide bonds. The van der Waals surface area contributed by atoms with E-state index >= 15 is 0 Å². The van der Waals surface area contributed by atoms with E-state index < -0.39 is 6.36 Å². The van der Waals surface area contributed by atoms with Crippen LogP contribution >= 0.6 is 15.9 Å². The fourth-order valence-corrected chi connectivity index (χ4v) is 2.14. The Morgan fingerprint density at radius 1 is 1.38 bits per heavy atom. The van der Waals surface area contributed by atoms with Crippen molar-refractivity contribution in [1.82, 2.24) is 9.55 Å². The van der Waals surface area contributed by atoms with E-state index in [0.717, 1.165) is 5.82 Å². The molecule has 1 N–H and O–H groups in total. The van der Waals surface area contributed by atoms with E-state index in [-0.39, 0.29) is 11.4 Å². The predicted molar refractivity (Wildman–Crippen MR) is 76.2 cm³/mol. The Balaban J connectivity index is 2.04. The van der Waals surface area contributed by atoms with Gasteiger partial charge in [-0.2, -0.15) is 0 Å². The lowest BCUT2D eigenvalue weighted by molar-refractivity contribution is -0.274. The molecule has 0 spiro atoms. The molecule has 0 bridgehead atoms. The number of imidazole rings is 1. The van der Waals surface area contributed by atoms with Gasteiger partial charge < -0.3 is 14.6 Å². The number of hydrogen-bond donors (Lipinski definition) is 1. The van der Waals surface area contributed by atoms with E-state index in [1.165, 1.54) is 12.1 Å². The zero-order valence-corrected chi connectivity index (χ0v) is 12.7. The zero-order chi connectivity index (χ0) is 15.5. The summed E-state index contributed by atoms with van der Waals surface area (Å²) >= 11 is 3.12. The van der Waals surface area contributed by atoms with Crippen LogP contribution < -0.4 is 10.1 Å². The van der Waals surface area contributed by atoms with Gasteiger partial charge in [0.2, 0.25) is 0 Å². The van der Waals surface area contributed by atoms with Gasteiger partial charge in [-0.05, 0) is 18.2 Å². The van der Waals surface area contributed by atoms with E-state index in [2.05, 4.69) is 31.0 Å². The number of alkyl halides is 3. The summed E-state index contributed by atoms with van der Waals surface area (Å²) in [4.78, 5) is 4.15. The summed E-state index contributed by atoms with van der Waals surface area (Å²) in [7, 11) is 1.86. The van der Waals surface area contributed by atoms with Crippen LogP contribution in [0.15, 0.2) is 35.1 Å². The lowest BCUT2D eigenvalue weighted by Gasteiger charge is -2.15. The van der Waals surface area contributed by atoms with E-state index in [9.17, 15) is 13.2 Å². The van der Waals surface area contributed by atoms with E-state index in [1.807, 2.05) is 17.8 Å². The summed E-state index contributed by atoms with van der Waals surface area (Å²) in [5, 5.41) is 2.93. The van der Waals surface area contributed by atoms with Gasteiger partial charge in [-0.1, -0.05) is 15.9 Å². The Hall–Kier alpha value is -1.70. The third-order valence-corrected chi connectivity index (χ3v) is 3.25. The van der Waals surface area contributed by atoms with Crippen LogP contribution in [0.4, 0.5) is 18.9 Å². The fourth-order valence-electron chi connectivity index (χ4n) is 1.80. The van der Waals surface area contributed by atoms with Crippen LogP contribution in [0, 0.1) is 0 Å². The SMILES string of the molecule is Cn1ccnc1CCNc1ccc(Br)cc1OC(F)(F)F. The summed E-state index contributed by atoms with van der Waals surface area (Å²) in [6.45, 7) is 0.445. The Bertz CT molecular complexity index is 613. The molecule has 8 heteroatoms. The second kappa shape index (κ2) is 6.38. The Morgan fingerprint density at radius 2 is 2.14 bits per heavy atom. The number of halogens is 4. The van der Waals surface area contributed by atoms with Crippen molar-refractivity contribution in [1.29, 1.82) is 0 Å². The second-order valence-corrected chi connectivity index (χ2v) is 5.24. The largest absolute Gasteiger partial charge is 0.573 e. The second-order valence-electron chi connectivity index (χ2n) is 4.32. The predicted octanol–water partition coefficient (Wildman–Crippen LogP) is 3.74. The maximum atomic E-state index is 12.4. The van der Waals surface area contributed by atoms with Crippen molar-refractivity contribution in [2.45, 2.75) is 12.8 Å². The normalized spacial score (nSPS) is 11.5. The van der Waals surface area contributed by atoms with E-state index in [1.54, 1.807) is 12.3 Å². The van der Waals surface area contributed by atoms with Gasteiger partial charge in [-0.3, -0.25) is 0 Å². The molecule has 0 aliphatic rings. The number of aromatic nitrogens is 2.